The van der Waals surface area contributed by atoms with Crippen LogP contribution in [0.15, 0.2) is 4.99 Å². The summed E-state index contributed by atoms with van der Waals surface area (Å²) >= 11 is 0. The van der Waals surface area contributed by atoms with Gasteiger partial charge in [0.1, 0.15) is 0 Å². The van der Waals surface area contributed by atoms with Gasteiger partial charge in [-0.25, -0.2) is 0 Å². The molecule has 0 bridgehead atoms. The van der Waals surface area contributed by atoms with Crippen LogP contribution in [-0.4, -0.2) is 74.8 Å². The number of nitrogens with one attached hydrogen (secondary N) is 1. The first kappa shape index (κ1) is 19.5. The molecule has 0 radical (unpaired) electrons. The fourth-order valence-corrected chi connectivity index (χ4v) is 3.54. The van der Waals surface area contributed by atoms with Crippen molar-refractivity contribution >= 4 is 5.96 Å². The average molecular weight is 339 g/mol. The molecule has 0 saturated carbocycles. The summed E-state index contributed by atoms with van der Waals surface area (Å²) in [4.78, 5) is 9.90. The molecule has 2 aliphatic rings. The van der Waals surface area contributed by atoms with E-state index >= 15 is 0 Å². The molecule has 1 atom stereocenters. The zero-order valence-corrected chi connectivity index (χ0v) is 16.3. The Morgan fingerprint density at radius 3 is 2.62 bits per heavy atom. The minimum Gasteiger partial charge on any atom is -0.379 e. The summed E-state index contributed by atoms with van der Waals surface area (Å²) in [5, 5.41) is 3.49. The molecule has 5 heteroatoms. The summed E-state index contributed by atoms with van der Waals surface area (Å²) in [5.41, 5.74) is 0.408. The van der Waals surface area contributed by atoms with Gasteiger partial charge in [0.25, 0.3) is 0 Å². The first-order chi connectivity index (χ1) is 11.5. The lowest BCUT2D eigenvalue weighted by molar-refractivity contribution is 0.0315. The van der Waals surface area contributed by atoms with Crippen molar-refractivity contribution in [1.82, 2.24) is 15.1 Å². The lowest BCUT2D eigenvalue weighted by Gasteiger charge is -2.29. The highest BCUT2D eigenvalue weighted by Crippen LogP contribution is 2.21. The van der Waals surface area contributed by atoms with Crippen molar-refractivity contribution in [1.29, 1.82) is 0 Å². The molecule has 2 aliphatic heterocycles. The van der Waals surface area contributed by atoms with Crippen molar-refractivity contribution < 1.29 is 4.74 Å². The Hall–Kier alpha value is -0.810. The molecule has 2 rings (SSSR count). The fourth-order valence-electron chi connectivity index (χ4n) is 3.54. The number of nitrogens with zero attached hydrogens (tertiary/aromatic N) is 3. The van der Waals surface area contributed by atoms with Crippen LogP contribution in [0.4, 0.5) is 0 Å². The summed E-state index contributed by atoms with van der Waals surface area (Å²) in [6.45, 7) is 18.4. The van der Waals surface area contributed by atoms with Crippen molar-refractivity contribution in [3.05, 3.63) is 0 Å². The van der Waals surface area contributed by atoms with Gasteiger partial charge in [-0.05, 0) is 37.5 Å². The van der Waals surface area contributed by atoms with Crippen molar-refractivity contribution in [3.8, 4) is 0 Å². The molecule has 0 aliphatic carbocycles. The molecule has 2 saturated heterocycles. The van der Waals surface area contributed by atoms with Crippen LogP contribution < -0.4 is 5.32 Å². The van der Waals surface area contributed by atoms with Crippen LogP contribution in [0.3, 0.4) is 0 Å². The SMILES string of the molecule is CCNC(=NCCCC(C)(C)C)N1CCC(CN2CCOCC2)C1. The monoisotopic (exact) mass is 338 g/mol. The van der Waals surface area contributed by atoms with Crippen molar-refractivity contribution in [2.24, 2.45) is 16.3 Å². The van der Waals surface area contributed by atoms with Crippen molar-refractivity contribution in [2.75, 3.05) is 59.0 Å². The molecule has 0 spiro atoms. The number of hydrogen-bond acceptors (Lipinski definition) is 3. The molecule has 24 heavy (non-hydrogen) atoms. The third-order valence-corrected chi connectivity index (χ3v) is 4.89. The van der Waals surface area contributed by atoms with Gasteiger partial charge in [0.2, 0.25) is 0 Å². The largest absolute Gasteiger partial charge is 0.379 e. The highest BCUT2D eigenvalue weighted by Gasteiger charge is 2.27. The van der Waals surface area contributed by atoms with Gasteiger partial charge in [-0.1, -0.05) is 20.8 Å². The van der Waals surface area contributed by atoms with E-state index in [1.54, 1.807) is 0 Å². The molecule has 0 aromatic heterocycles. The van der Waals surface area contributed by atoms with Crippen LogP contribution in [0, 0.1) is 11.3 Å². The molecule has 5 nitrogen and oxygen atoms in total. The maximum atomic E-state index is 5.45. The van der Waals surface area contributed by atoms with Crippen LogP contribution in [0.5, 0.6) is 0 Å². The molecule has 0 aromatic rings. The van der Waals surface area contributed by atoms with Crippen LogP contribution in [0.2, 0.25) is 0 Å². The molecular weight excluding hydrogens is 300 g/mol. The summed E-state index contributed by atoms with van der Waals surface area (Å²) in [6.07, 6.45) is 3.68. The molecule has 2 heterocycles. The van der Waals surface area contributed by atoms with Gasteiger partial charge in [-0.3, -0.25) is 9.89 Å². The Labute approximate surface area is 148 Å². The smallest absolute Gasteiger partial charge is 0.193 e. The van der Waals surface area contributed by atoms with Gasteiger partial charge in [-0.15, -0.1) is 0 Å². The normalized spacial score (nSPS) is 23.8. The minimum atomic E-state index is 0.408. The van der Waals surface area contributed by atoms with E-state index < -0.39 is 0 Å². The summed E-state index contributed by atoms with van der Waals surface area (Å²) in [6, 6.07) is 0. The van der Waals surface area contributed by atoms with Gasteiger partial charge in [0.15, 0.2) is 5.96 Å². The molecule has 0 amide bonds. The Bertz CT molecular complexity index is 385. The van der Waals surface area contributed by atoms with Gasteiger partial charge in [0, 0.05) is 45.8 Å². The summed E-state index contributed by atoms with van der Waals surface area (Å²) < 4.78 is 5.45. The molecule has 0 aromatic carbocycles. The third-order valence-electron chi connectivity index (χ3n) is 4.89. The first-order valence-corrected chi connectivity index (χ1v) is 9.81. The Morgan fingerprint density at radius 1 is 1.21 bits per heavy atom. The maximum Gasteiger partial charge on any atom is 0.193 e. The van der Waals surface area contributed by atoms with Crippen LogP contribution in [0.1, 0.15) is 47.0 Å². The van der Waals surface area contributed by atoms with Gasteiger partial charge < -0.3 is 15.0 Å². The summed E-state index contributed by atoms with van der Waals surface area (Å²) in [7, 11) is 0. The second-order valence-electron chi connectivity index (χ2n) is 8.41. The predicted molar refractivity (Wildman–Crippen MR) is 102 cm³/mol. The van der Waals surface area contributed by atoms with Crippen LogP contribution >= 0.6 is 0 Å². The second-order valence-corrected chi connectivity index (χ2v) is 8.41. The zero-order chi connectivity index (χ0) is 17.4. The zero-order valence-electron chi connectivity index (χ0n) is 16.3. The average Bonchev–Trinajstić information content (AvgIpc) is 2.99. The Morgan fingerprint density at radius 2 is 1.96 bits per heavy atom. The molecule has 1 N–H and O–H groups in total. The molecular formula is C19H38N4O. The van der Waals surface area contributed by atoms with Crippen LogP contribution in [-0.2, 0) is 4.74 Å². The van der Waals surface area contributed by atoms with Gasteiger partial charge in [0.05, 0.1) is 13.2 Å². The Kier molecular flexibility index (Phi) is 7.82. The second kappa shape index (κ2) is 9.62. The molecule has 1 unspecified atom stereocenters. The quantitative estimate of drug-likeness (QED) is 0.459. The van der Waals surface area contributed by atoms with E-state index in [0.29, 0.717) is 5.41 Å². The number of ether oxygens (including phenoxy) is 1. The van der Waals surface area contributed by atoms with E-state index in [-0.39, 0.29) is 0 Å². The van der Waals surface area contributed by atoms with Crippen molar-refractivity contribution in [3.63, 3.8) is 0 Å². The van der Waals surface area contributed by atoms with E-state index in [1.165, 1.54) is 25.8 Å². The highest BCUT2D eigenvalue weighted by atomic mass is 16.5. The number of hydrogen-bond donors (Lipinski definition) is 1. The first-order valence-electron chi connectivity index (χ1n) is 9.81. The van der Waals surface area contributed by atoms with E-state index in [9.17, 15) is 0 Å². The van der Waals surface area contributed by atoms with E-state index in [1.807, 2.05) is 0 Å². The summed E-state index contributed by atoms with van der Waals surface area (Å²) in [5.74, 6) is 1.89. The topological polar surface area (TPSA) is 40.1 Å². The number of aliphatic imine (C=N–C) groups is 1. The number of morpholine rings is 1. The third kappa shape index (κ3) is 6.98. The minimum absolute atomic E-state index is 0.408. The number of guanidine groups is 1. The number of likely N-dealkylation sites (tertiary alicyclic amines) is 1. The van der Waals surface area contributed by atoms with E-state index in [0.717, 1.165) is 64.4 Å². The molecule has 2 fully saturated rings. The van der Waals surface area contributed by atoms with Crippen LogP contribution in [0.25, 0.3) is 0 Å². The maximum absolute atomic E-state index is 5.45. The highest BCUT2D eigenvalue weighted by molar-refractivity contribution is 5.80. The van der Waals surface area contributed by atoms with Crippen molar-refractivity contribution in [2.45, 2.75) is 47.0 Å². The Balaban J connectivity index is 1.78. The lowest BCUT2D eigenvalue weighted by atomic mass is 9.91. The van der Waals surface area contributed by atoms with Gasteiger partial charge >= 0.3 is 0 Å². The lowest BCUT2D eigenvalue weighted by Crippen LogP contribution is -2.42. The standard InChI is InChI=1S/C19H38N4O/c1-5-20-18(21-9-6-8-19(2,3)4)23-10-7-17(16-23)15-22-11-13-24-14-12-22/h17H,5-16H2,1-4H3,(H,20,21). The predicted octanol–water partition coefficient (Wildman–Crippen LogP) is 2.43. The number of rotatable bonds is 6. The van der Waals surface area contributed by atoms with Gasteiger partial charge in [-0.2, -0.15) is 0 Å². The van der Waals surface area contributed by atoms with E-state index in [4.69, 9.17) is 9.73 Å². The molecule has 140 valence electrons. The fraction of sp³-hybridized carbons (Fsp3) is 0.947. The van der Waals surface area contributed by atoms with E-state index in [2.05, 4.69) is 42.8 Å².